The molecule has 0 bridgehead atoms. The first kappa shape index (κ1) is 16.3. The number of carbonyl (C=O) groups is 1. The van der Waals surface area contributed by atoms with Gasteiger partial charge in [0, 0.05) is 18.7 Å². The van der Waals surface area contributed by atoms with Gasteiger partial charge in [-0.05, 0) is 49.1 Å². The number of carbonyl (C=O) groups excluding carboxylic acids is 1. The Hall–Kier alpha value is -2.55. The van der Waals surface area contributed by atoms with Crippen molar-refractivity contribution in [1.29, 1.82) is 0 Å². The largest absolute Gasteiger partial charge is 0.497 e. The van der Waals surface area contributed by atoms with Gasteiger partial charge < -0.3 is 9.64 Å². The maximum Gasteiger partial charge on any atom is 0.247 e. The Kier molecular flexibility index (Phi) is 4.99. The second kappa shape index (κ2) is 7.35. The molecule has 0 aromatic heterocycles. The minimum atomic E-state index is 0.0785. The lowest BCUT2D eigenvalue weighted by Crippen LogP contribution is -2.31. The maximum absolute atomic E-state index is 12.6. The summed E-state index contributed by atoms with van der Waals surface area (Å²) in [6.45, 7) is 2.70. The molecule has 124 valence electrons. The average Bonchev–Trinajstić information content (AvgIpc) is 3.43. The highest BCUT2D eigenvalue weighted by Gasteiger charge is 2.31. The van der Waals surface area contributed by atoms with Crippen molar-refractivity contribution >= 4 is 12.0 Å². The summed E-state index contributed by atoms with van der Waals surface area (Å²) in [5, 5.41) is 0. The fourth-order valence-corrected chi connectivity index (χ4v) is 2.74. The van der Waals surface area contributed by atoms with Gasteiger partial charge in [0.05, 0.1) is 7.11 Å². The van der Waals surface area contributed by atoms with Crippen LogP contribution in [0.3, 0.4) is 0 Å². The predicted molar refractivity (Wildman–Crippen MR) is 96.8 cm³/mol. The minimum absolute atomic E-state index is 0.0785. The summed E-state index contributed by atoms with van der Waals surface area (Å²) >= 11 is 0. The molecule has 1 aliphatic carbocycles. The molecule has 1 fully saturated rings. The number of nitrogens with zero attached hydrogens (tertiary/aromatic N) is 1. The van der Waals surface area contributed by atoms with Gasteiger partial charge in [0.2, 0.25) is 5.91 Å². The molecule has 1 amide bonds. The van der Waals surface area contributed by atoms with Crippen LogP contribution in [0.4, 0.5) is 0 Å². The fourth-order valence-electron chi connectivity index (χ4n) is 2.74. The van der Waals surface area contributed by atoms with Gasteiger partial charge >= 0.3 is 0 Å². The predicted octanol–water partition coefficient (Wildman–Crippen LogP) is 4.21. The summed E-state index contributed by atoms with van der Waals surface area (Å²) in [4.78, 5) is 14.6. The van der Waals surface area contributed by atoms with Crippen LogP contribution in [-0.2, 0) is 11.3 Å². The maximum atomic E-state index is 12.6. The van der Waals surface area contributed by atoms with Crippen LogP contribution in [-0.4, -0.2) is 24.0 Å². The number of rotatable bonds is 6. The Morgan fingerprint density at radius 3 is 2.58 bits per heavy atom. The van der Waals surface area contributed by atoms with E-state index in [1.807, 2.05) is 47.4 Å². The standard InChI is InChI=1S/C21H23NO2/c1-16-4-3-5-17(14-16)8-13-21(23)22(19-9-10-19)15-18-6-11-20(24-2)12-7-18/h3-8,11-14,19H,9-10,15H2,1-2H3/b13-8+. The quantitative estimate of drug-likeness (QED) is 0.746. The van der Waals surface area contributed by atoms with E-state index in [1.54, 1.807) is 13.2 Å². The van der Waals surface area contributed by atoms with Gasteiger partial charge in [-0.25, -0.2) is 0 Å². The topological polar surface area (TPSA) is 29.5 Å². The van der Waals surface area contributed by atoms with Gasteiger partial charge in [0.1, 0.15) is 5.75 Å². The lowest BCUT2D eigenvalue weighted by molar-refractivity contribution is -0.127. The van der Waals surface area contributed by atoms with Gasteiger partial charge in [0.25, 0.3) is 0 Å². The van der Waals surface area contributed by atoms with E-state index in [4.69, 9.17) is 4.74 Å². The molecule has 2 aromatic rings. The normalized spacial score (nSPS) is 13.9. The van der Waals surface area contributed by atoms with Crippen LogP contribution in [0.5, 0.6) is 5.75 Å². The van der Waals surface area contributed by atoms with Crippen LogP contribution in [0.15, 0.2) is 54.6 Å². The molecule has 0 N–H and O–H groups in total. The van der Waals surface area contributed by atoms with E-state index < -0.39 is 0 Å². The summed E-state index contributed by atoms with van der Waals surface area (Å²) < 4.78 is 5.19. The third-order valence-corrected chi connectivity index (χ3v) is 4.24. The summed E-state index contributed by atoms with van der Waals surface area (Å²) in [7, 11) is 1.66. The molecule has 1 aliphatic rings. The molecule has 0 spiro atoms. The number of hydrogen-bond acceptors (Lipinski definition) is 2. The minimum Gasteiger partial charge on any atom is -0.497 e. The van der Waals surface area contributed by atoms with E-state index in [-0.39, 0.29) is 5.91 Å². The molecule has 0 heterocycles. The van der Waals surface area contributed by atoms with Gasteiger partial charge in [0.15, 0.2) is 0 Å². The number of benzene rings is 2. The first-order valence-electron chi connectivity index (χ1n) is 8.34. The van der Waals surface area contributed by atoms with Crippen molar-refractivity contribution in [3.63, 3.8) is 0 Å². The first-order valence-corrected chi connectivity index (χ1v) is 8.34. The van der Waals surface area contributed by atoms with Gasteiger partial charge in [-0.15, -0.1) is 0 Å². The Bertz CT molecular complexity index is 730. The molecular weight excluding hydrogens is 298 g/mol. The molecular formula is C21H23NO2. The Morgan fingerprint density at radius 2 is 1.96 bits per heavy atom. The lowest BCUT2D eigenvalue weighted by Gasteiger charge is -2.21. The van der Waals surface area contributed by atoms with E-state index in [2.05, 4.69) is 19.1 Å². The zero-order valence-corrected chi connectivity index (χ0v) is 14.2. The monoisotopic (exact) mass is 321 g/mol. The van der Waals surface area contributed by atoms with E-state index in [0.717, 1.165) is 29.7 Å². The Morgan fingerprint density at radius 1 is 1.21 bits per heavy atom. The highest BCUT2D eigenvalue weighted by Crippen LogP contribution is 2.29. The van der Waals surface area contributed by atoms with E-state index in [1.165, 1.54) is 5.56 Å². The molecule has 3 heteroatoms. The van der Waals surface area contributed by atoms with Crippen molar-refractivity contribution in [1.82, 2.24) is 4.90 Å². The van der Waals surface area contributed by atoms with Crippen LogP contribution in [0.1, 0.15) is 29.5 Å². The van der Waals surface area contributed by atoms with Crippen LogP contribution >= 0.6 is 0 Å². The van der Waals surface area contributed by atoms with Crippen molar-refractivity contribution in [3.05, 3.63) is 71.3 Å². The van der Waals surface area contributed by atoms with Crippen molar-refractivity contribution in [2.45, 2.75) is 32.4 Å². The second-order valence-electron chi connectivity index (χ2n) is 6.29. The molecule has 2 aromatic carbocycles. The Balaban J connectivity index is 1.69. The average molecular weight is 321 g/mol. The van der Waals surface area contributed by atoms with Crippen molar-refractivity contribution in [2.75, 3.05) is 7.11 Å². The summed E-state index contributed by atoms with van der Waals surface area (Å²) in [6, 6.07) is 16.4. The summed E-state index contributed by atoms with van der Waals surface area (Å²) in [5.74, 6) is 0.914. The van der Waals surface area contributed by atoms with Crippen LogP contribution in [0.2, 0.25) is 0 Å². The first-order chi connectivity index (χ1) is 11.7. The van der Waals surface area contributed by atoms with Crippen LogP contribution in [0, 0.1) is 6.92 Å². The lowest BCUT2D eigenvalue weighted by atomic mass is 10.1. The van der Waals surface area contributed by atoms with Crippen molar-refractivity contribution in [3.8, 4) is 5.75 Å². The third-order valence-electron chi connectivity index (χ3n) is 4.24. The van der Waals surface area contributed by atoms with Gasteiger partial charge in [-0.2, -0.15) is 0 Å². The number of ether oxygens (including phenoxy) is 1. The number of amides is 1. The zero-order chi connectivity index (χ0) is 16.9. The summed E-state index contributed by atoms with van der Waals surface area (Å²) in [5.41, 5.74) is 3.38. The molecule has 0 atom stereocenters. The highest BCUT2D eigenvalue weighted by atomic mass is 16.5. The molecule has 0 saturated heterocycles. The van der Waals surface area contributed by atoms with Gasteiger partial charge in [-0.3, -0.25) is 4.79 Å². The number of hydrogen-bond donors (Lipinski definition) is 0. The van der Waals surface area contributed by atoms with Crippen molar-refractivity contribution in [2.24, 2.45) is 0 Å². The molecule has 0 unspecified atom stereocenters. The highest BCUT2D eigenvalue weighted by molar-refractivity contribution is 5.92. The van der Waals surface area contributed by atoms with Crippen molar-refractivity contribution < 1.29 is 9.53 Å². The SMILES string of the molecule is COc1ccc(CN(C(=O)/C=C/c2cccc(C)c2)C2CC2)cc1. The smallest absolute Gasteiger partial charge is 0.247 e. The number of methoxy groups -OCH3 is 1. The second-order valence-corrected chi connectivity index (χ2v) is 6.29. The molecule has 0 aliphatic heterocycles. The molecule has 1 saturated carbocycles. The fraction of sp³-hybridized carbons (Fsp3) is 0.286. The Labute approximate surface area is 143 Å². The van der Waals surface area contributed by atoms with Crippen LogP contribution in [0.25, 0.3) is 6.08 Å². The van der Waals surface area contributed by atoms with E-state index in [9.17, 15) is 4.79 Å². The molecule has 24 heavy (non-hydrogen) atoms. The van der Waals surface area contributed by atoms with E-state index >= 15 is 0 Å². The summed E-state index contributed by atoms with van der Waals surface area (Å²) in [6.07, 6.45) is 5.79. The van der Waals surface area contributed by atoms with Gasteiger partial charge in [-0.1, -0.05) is 42.0 Å². The van der Waals surface area contributed by atoms with E-state index in [0.29, 0.717) is 12.6 Å². The molecule has 3 rings (SSSR count). The third kappa shape index (κ3) is 4.25. The molecule has 3 nitrogen and oxygen atoms in total. The number of aryl methyl sites for hydroxylation is 1. The van der Waals surface area contributed by atoms with Crippen LogP contribution < -0.4 is 4.74 Å². The zero-order valence-electron chi connectivity index (χ0n) is 14.2. The molecule has 0 radical (unpaired) electrons.